The molecular formula is C28H33N3O3. The highest BCUT2D eigenvalue weighted by atomic mass is 16.5. The Balaban J connectivity index is 1.75. The molecule has 0 aliphatic rings. The van der Waals surface area contributed by atoms with Crippen LogP contribution in [0.25, 0.3) is 0 Å². The third-order valence-electron chi connectivity index (χ3n) is 5.34. The van der Waals surface area contributed by atoms with Crippen LogP contribution < -0.4 is 15.0 Å². The van der Waals surface area contributed by atoms with Gasteiger partial charge >= 0.3 is 0 Å². The molecule has 0 saturated heterocycles. The van der Waals surface area contributed by atoms with Crippen molar-refractivity contribution in [3.8, 4) is 5.75 Å². The number of carbonyl (C=O) groups excluding carboxylic acids is 2. The van der Waals surface area contributed by atoms with E-state index in [1.807, 2.05) is 105 Å². The van der Waals surface area contributed by atoms with Crippen LogP contribution in [0.15, 0.2) is 78.9 Å². The van der Waals surface area contributed by atoms with E-state index >= 15 is 0 Å². The zero-order valence-corrected chi connectivity index (χ0v) is 20.2. The Hall–Kier alpha value is -3.64. The molecule has 0 spiro atoms. The fraction of sp³-hybridized carbons (Fsp3) is 0.286. The molecule has 3 rings (SSSR count). The summed E-state index contributed by atoms with van der Waals surface area (Å²) in [6.07, 6.45) is 0.258. The molecule has 0 radical (unpaired) electrons. The number of anilines is 1. The molecule has 0 bridgehead atoms. The zero-order valence-electron chi connectivity index (χ0n) is 20.2. The predicted octanol–water partition coefficient (Wildman–Crippen LogP) is 3.83. The number of nitrogens with zero attached hydrogens (tertiary/aromatic N) is 2. The molecule has 2 amide bonds. The standard InChI is InChI=1S/C28H33N3O3/c1-22-12-14-23(15-13-22)20-31(28(33)21-34-26-10-5-4-6-11-26)25-9-7-8-24(18-25)19-27(32)29-16-17-30(2)3/h4-15,18H,16-17,19-21H2,1-3H3,(H,29,32). The fourth-order valence-corrected chi connectivity index (χ4v) is 3.44. The van der Waals surface area contributed by atoms with Gasteiger partial charge in [0.2, 0.25) is 5.91 Å². The van der Waals surface area contributed by atoms with Crippen molar-refractivity contribution in [1.82, 2.24) is 10.2 Å². The number of para-hydroxylation sites is 1. The van der Waals surface area contributed by atoms with Crippen molar-refractivity contribution in [2.45, 2.75) is 19.9 Å². The molecule has 3 aromatic carbocycles. The van der Waals surface area contributed by atoms with Crippen molar-refractivity contribution in [1.29, 1.82) is 0 Å². The number of likely N-dealkylation sites (N-methyl/N-ethyl adjacent to an activating group) is 1. The molecule has 0 unspecified atom stereocenters. The van der Waals surface area contributed by atoms with E-state index in [9.17, 15) is 9.59 Å². The lowest BCUT2D eigenvalue weighted by Crippen LogP contribution is -2.35. The summed E-state index contributed by atoms with van der Waals surface area (Å²) in [6.45, 7) is 3.75. The third kappa shape index (κ3) is 8.05. The molecule has 0 aliphatic carbocycles. The lowest BCUT2D eigenvalue weighted by Gasteiger charge is -2.24. The van der Waals surface area contributed by atoms with E-state index < -0.39 is 0 Å². The highest BCUT2D eigenvalue weighted by molar-refractivity contribution is 5.94. The van der Waals surface area contributed by atoms with Gasteiger partial charge in [0.05, 0.1) is 13.0 Å². The van der Waals surface area contributed by atoms with Crippen LogP contribution in [-0.2, 0) is 22.6 Å². The third-order valence-corrected chi connectivity index (χ3v) is 5.34. The lowest BCUT2D eigenvalue weighted by molar-refractivity contribution is -0.121. The molecule has 3 aromatic rings. The zero-order chi connectivity index (χ0) is 24.3. The Kier molecular flexibility index (Phi) is 9.23. The maximum absolute atomic E-state index is 13.2. The number of ether oxygens (including phenoxy) is 1. The predicted molar refractivity (Wildman–Crippen MR) is 136 cm³/mol. The first kappa shape index (κ1) is 25.0. The number of rotatable bonds is 11. The molecule has 6 heteroatoms. The summed E-state index contributed by atoms with van der Waals surface area (Å²) in [5.74, 6) is 0.453. The summed E-state index contributed by atoms with van der Waals surface area (Å²) < 4.78 is 5.73. The minimum Gasteiger partial charge on any atom is -0.484 e. The Bertz CT molecular complexity index is 1070. The van der Waals surface area contributed by atoms with E-state index in [1.165, 1.54) is 0 Å². The number of amides is 2. The summed E-state index contributed by atoms with van der Waals surface area (Å²) in [4.78, 5) is 29.3. The van der Waals surface area contributed by atoms with Gasteiger partial charge in [-0.1, -0.05) is 60.2 Å². The largest absolute Gasteiger partial charge is 0.484 e. The molecule has 0 atom stereocenters. The van der Waals surface area contributed by atoms with Gasteiger partial charge in [0, 0.05) is 18.8 Å². The molecule has 6 nitrogen and oxygen atoms in total. The monoisotopic (exact) mass is 459 g/mol. The van der Waals surface area contributed by atoms with E-state index in [2.05, 4.69) is 5.32 Å². The summed E-state index contributed by atoms with van der Waals surface area (Å²) in [6, 6.07) is 25.0. The van der Waals surface area contributed by atoms with Gasteiger partial charge in [-0.15, -0.1) is 0 Å². The maximum Gasteiger partial charge on any atom is 0.265 e. The van der Waals surface area contributed by atoms with Crippen LogP contribution in [0.2, 0.25) is 0 Å². The first-order valence-electron chi connectivity index (χ1n) is 11.4. The molecule has 178 valence electrons. The summed E-state index contributed by atoms with van der Waals surface area (Å²) in [5, 5.41) is 2.94. The second-order valence-electron chi connectivity index (χ2n) is 8.57. The van der Waals surface area contributed by atoms with Crippen molar-refractivity contribution >= 4 is 17.5 Å². The Morgan fingerprint density at radius 3 is 2.32 bits per heavy atom. The lowest BCUT2D eigenvalue weighted by atomic mass is 10.1. The van der Waals surface area contributed by atoms with Crippen LogP contribution in [0.1, 0.15) is 16.7 Å². The van der Waals surface area contributed by atoms with Crippen LogP contribution in [0.4, 0.5) is 5.69 Å². The van der Waals surface area contributed by atoms with Crippen LogP contribution in [0, 0.1) is 6.92 Å². The van der Waals surface area contributed by atoms with E-state index in [0.29, 0.717) is 18.8 Å². The fourth-order valence-electron chi connectivity index (χ4n) is 3.44. The number of hydrogen-bond acceptors (Lipinski definition) is 4. The minimum absolute atomic E-state index is 0.0391. The van der Waals surface area contributed by atoms with Crippen molar-refractivity contribution < 1.29 is 14.3 Å². The number of carbonyl (C=O) groups is 2. The van der Waals surface area contributed by atoms with Gasteiger partial charge < -0.3 is 19.9 Å². The average Bonchev–Trinajstić information content (AvgIpc) is 2.82. The van der Waals surface area contributed by atoms with Crippen molar-refractivity contribution in [2.75, 3.05) is 38.7 Å². The molecule has 0 saturated carbocycles. The first-order valence-corrected chi connectivity index (χ1v) is 11.4. The molecule has 34 heavy (non-hydrogen) atoms. The number of nitrogens with one attached hydrogen (secondary N) is 1. The Labute approximate surface area is 202 Å². The second-order valence-corrected chi connectivity index (χ2v) is 8.57. The highest BCUT2D eigenvalue weighted by Gasteiger charge is 2.18. The van der Waals surface area contributed by atoms with E-state index in [1.54, 1.807) is 4.90 Å². The smallest absolute Gasteiger partial charge is 0.265 e. The second kappa shape index (κ2) is 12.6. The molecule has 0 aromatic heterocycles. The van der Waals surface area contributed by atoms with Gasteiger partial charge in [-0.05, 0) is 56.4 Å². The summed E-state index contributed by atoms with van der Waals surface area (Å²) in [7, 11) is 3.94. The number of benzene rings is 3. The summed E-state index contributed by atoms with van der Waals surface area (Å²) >= 11 is 0. The Morgan fingerprint density at radius 1 is 0.882 bits per heavy atom. The average molecular weight is 460 g/mol. The normalized spacial score (nSPS) is 10.7. The Morgan fingerprint density at radius 2 is 1.62 bits per heavy atom. The minimum atomic E-state index is -0.156. The van der Waals surface area contributed by atoms with Crippen LogP contribution in [-0.4, -0.2) is 50.5 Å². The molecular weight excluding hydrogens is 426 g/mol. The van der Waals surface area contributed by atoms with E-state index in [-0.39, 0.29) is 24.8 Å². The van der Waals surface area contributed by atoms with Crippen LogP contribution in [0.5, 0.6) is 5.75 Å². The van der Waals surface area contributed by atoms with Gasteiger partial charge in [-0.25, -0.2) is 0 Å². The highest BCUT2D eigenvalue weighted by Crippen LogP contribution is 2.21. The summed E-state index contributed by atoms with van der Waals surface area (Å²) in [5.41, 5.74) is 3.77. The van der Waals surface area contributed by atoms with Crippen LogP contribution >= 0.6 is 0 Å². The van der Waals surface area contributed by atoms with Crippen molar-refractivity contribution in [3.05, 3.63) is 95.6 Å². The van der Waals surface area contributed by atoms with E-state index in [4.69, 9.17) is 4.74 Å². The number of hydrogen-bond donors (Lipinski definition) is 1. The van der Waals surface area contributed by atoms with E-state index in [0.717, 1.165) is 28.9 Å². The molecule has 0 heterocycles. The van der Waals surface area contributed by atoms with Gasteiger partial charge in [0.15, 0.2) is 6.61 Å². The van der Waals surface area contributed by atoms with Gasteiger partial charge in [-0.3, -0.25) is 9.59 Å². The number of aryl methyl sites for hydroxylation is 1. The molecule has 0 fully saturated rings. The maximum atomic E-state index is 13.2. The van der Waals surface area contributed by atoms with Crippen LogP contribution in [0.3, 0.4) is 0 Å². The molecule has 1 N–H and O–H groups in total. The van der Waals surface area contributed by atoms with Crippen molar-refractivity contribution in [3.63, 3.8) is 0 Å². The molecule has 0 aliphatic heterocycles. The topological polar surface area (TPSA) is 61.9 Å². The van der Waals surface area contributed by atoms with Gasteiger partial charge in [-0.2, -0.15) is 0 Å². The first-order chi connectivity index (χ1) is 16.4. The van der Waals surface area contributed by atoms with Gasteiger partial charge in [0.1, 0.15) is 5.75 Å². The van der Waals surface area contributed by atoms with Crippen molar-refractivity contribution in [2.24, 2.45) is 0 Å². The SMILES string of the molecule is Cc1ccc(CN(C(=O)COc2ccccc2)c2cccc(CC(=O)NCCN(C)C)c2)cc1. The quantitative estimate of drug-likeness (QED) is 0.474. The van der Waals surface area contributed by atoms with Gasteiger partial charge in [0.25, 0.3) is 5.91 Å².